The van der Waals surface area contributed by atoms with E-state index in [-0.39, 0.29) is 23.5 Å². The highest BCUT2D eigenvalue weighted by molar-refractivity contribution is 5.96. The fourth-order valence-electron chi connectivity index (χ4n) is 3.49. The molecule has 3 aromatic heterocycles. The van der Waals surface area contributed by atoms with Crippen LogP contribution in [0.15, 0.2) is 41.1 Å². The Hall–Kier alpha value is -3.89. The van der Waals surface area contributed by atoms with E-state index in [1.54, 1.807) is 38.1 Å². The number of ether oxygens (including phenoxy) is 2. The molecule has 0 saturated heterocycles. The fraction of sp³-hybridized carbons (Fsp3) is 0.273. The summed E-state index contributed by atoms with van der Waals surface area (Å²) in [6.45, 7) is 3.49. The number of methoxy groups -OCH3 is 1. The smallest absolute Gasteiger partial charge is 0.433 e. The van der Waals surface area contributed by atoms with Crippen molar-refractivity contribution >= 4 is 11.6 Å². The zero-order valence-electron chi connectivity index (χ0n) is 17.9. The molecule has 33 heavy (non-hydrogen) atoms. The van der Waals surface area contributed by atoms with Crippen molar-refractivity contribution in [3.8, 4) is 17.0 Å². The lowest BCUT2D eigenvalue weighted by molar-refractivity contribution is -0.142. The highest BCUT2D eigenvalue weighted by atomic mass is 19.4. The van der Waals surface area contributed by atoms with Crippen LogP contribution in [0.1, 0.15) is 33.1 Å². The summed E-state index contributed by atoms with van der Waals surface area (Å²) in [5.41, 5.74) is 0.271. The first-order valence-electron chi connectivity index (χ1n) is 9.89. The topological polar surface area (TPSA) is 91.8 Å². The molecule has 172 valence electrons. The van der Waals surface area contributed by atoms with Crippen LogP contribution in [0.4, 0.5) is 13.2 Å². The average molecular weight is 460 g/mol. The number of alkyl halides is 3. The van der Waals surface area contributed by atoms with Crippen LogP contribution in [0, 0.1) is 13.8 Å². The minimum atomic E-state index is -4.74. The van der Waals surface area contributed by atoms with Crippen molar-refractivity contribution in [1.82, 2.24) is 19.8 Å². The summed E-state index contributed by atoms with van der Waals surface area (Å²) in [5.74, 6) is 0.109. The lowest BCUT2D eigenvalue weighted by Crippen LogP contribution is -2.15. The zero-order chi connectivity index (χ0) is 23.8. The van der Waals surface area contributed by atoms with E-state index in [1.165, 1.54) is 7.11 Å². The molecule has 0 aliphatic heterocycles. The third-order valence-electron chi connectivity index (χ3n) is 5.13. The largest absolute Gasteiger partial charge is 0.496 e. The fourth-order valence-corrected chi connectivity index (χ4v) is 3.49. The van der Waals surface area contributed by atoms with Crippen LogP contribution in [0.25, 0.3) is 16.9 Å². The van der Waals surface area contributed by atoms with Crippen molar-refractivity contribution in [2.24, 2.45) is 0 Å². The second kappa shape index (κ2) is 8.57. The van der Waals surface area contributed by atoms with E-state index in [0.29, 0.717) is 33.7 Å². The van der Waals surface area contributed by atoms with Gasteiger partial charge in [-0.25, -0.2) is 14.3 Å². The summed E-state index contributed by atoms with van der Waals surface area (Å²) >= 11 is 0. The van der Waals surface area contributed by atoms with Gasteiger partial charge in [0.05, 0.1) is 31.3 Å². The predicted octanol–water partition coefficient (Wildman–Crippen LogP) is 4.43. The Bertz CT molecular complexity index is 1310. The van der Waals surface area contributed by atoms with E-state index >= 15 is 0 Å². The van der Waals surface area contributed by atoms with Gasteiger partial charge >= 0.3 is 12.1 Å². The Labute approximate surface area is 185 Å². The summed E-state index contributed by atoms with van der Waals surface area (Å²) in [4.78, 5) is 17.0. The lowest BCUT2D eigenvalue weighted by atomic mass is 10.1. The molecule has 4 rings (SSSR count). The Morgan fingerprint density at radius 2 is 1.97 bits per heavy atom. The lowest BCUT2D eigenvalue weighted by Gasteiger charge is -2.13. The summed E-state index contributed by atoms with van der Waals surface area (Å²) in [6, 6.07) is 7.39. The number of para-hydroxylation sites is 1. The molecule has 0 amide bonds. The molecule has 11 heteroatoms. The van der Waals surface area contributed by atoms with E-state index in [4.69, 9.17) is 14.0 Å². The summed E-state index contributed by atoms with van der Waals surface area (Å²) in [6.07, 6.45) is -3.38. The van der Waals surface area contributed by atoms with Gasteiger partial charge in [0, 0.05) is 17.5 Å². The van der Waals surface area contributed by atoms with Crippen molar-refractivity contribution in [2.75, 3.05) is 13.7 Å². The molecule has 0 aliphatic carbocycles. The van der Waals surface area contributed by atoms with Crippen LogP contribution in [-0.4, -0.2) is 39.4 Å². The number of aromatic nitrogens is 4. The van der Waals surface area contributed by atoms with Gasteiger partial charge in [0.2, 0.25) is 0 Å². The quantitative estimate of drug-likeness (QED) is 0.393. The SMILES string of the molecule is COc1ccccc1-c1cc(C(F)(F)F)n2ncc(C(=O)OCCc3c(C)noc3C)c2n1. The third-order valence-corrected chi connectivity index (χ3v) is 5.13. The van der Waals surface area contributed by atoms with Gasteiger partial charge in [-0.05, 0) is 32.0 Å². The van der Waals surface area contributed by atoms with E-state index in [1.807, 2.05) is 0 Å². The normalized spacial score (nSPS) is 11.7. The molecular formula is C22H19F3N4O4. The maximum absolute atomic E-state index is 13.8. The first-order chi connectivity index (χ1) is 15.7. The summed E-state index contributed by atoms with van der Waals surface area (Å²) < 4.78 is 57.6. The molecule has 8 nitrogen and oxygen atoms in total. The molecule has 1 aromatic carbocycles. The van der Waals surface area contributed by atoms with Gasteiger partial charge in [0.1, 0.15) is 17.1 Å². The van der Waals surface area contributed by atoms with Gasteiger partial charge in [0.15, 0.2) is 11.3 Å². The van der Waals surface area contributed by atoms with Crippen LogP contribution in [0.3, 0.4) is 0 Å². The molecule has 0 radical (unpaired) electrons. The minimum absolute atomic E-state index is 0.0162. The first-order valence-corrected chi connectivity index (χ1v) is 9.89. The Balaban J connectivity index is 1.71. The molecule has 0 unspecified atom stereocenters. The number of nitrogens with zero attached hydrogens (tertiary/aromatic N) is 4. The van der Waals surface area contributed by atoms with Gasteiger partial charge in [-0.15, -0.1) is 0 Å². The molecule has 0 atom stereocenters. The van der Waals surface area contributed by atoms with E-state index in [2.05, 4.69) is 15.2 Å². The number of carbonyl (C=O) groups is 1. The van der Waals surface area contributed by atoms with Crippen LogP contribution >= 0.6 is 0 Å². The Morgan fingerprint density at radius 3 is 2.64 bits per heavy atom. The number of fused-ring (bicyclic) bond motifs is 1. The van der Waals surface area contributed by atoms with Crippen molar-refractivity contribution < 1.29 is 32.0 Å². The molecule has 0 bridgehead atoms. The Kier molecular flexibility index (Phi) is 5.79. The molecule has 4 aromatic rings. The van der Waals surface area contributed by atoms with Crippen LogP contribution in [0.5, 0.6) is 5.75 Å². The number of benzene rings is 1. The number of halogens is 3. The number of carbonyl (C=O) groups excluding carboxylic acids is 1. The standard InChI is InChI=1S/C22H19F3N4O4/c1-12-14(13(2)33-28-12)8-9-32-21(30)16-11-26-29-19(22(23,24)25)10-17(27-20(16)29)15-6-4-5-7-18(15)31-3/h4-7,10-11H,8-9H2,1-3H3. The highest BCUT2D eigenvalue weighted by Gasteiger charge is 2.36. The van der Waals surface area contributed by atoms with E-state index < -0.39 is 17.8 Å². The highest BCUT2D eigenvalue weighted by Crippen LogP contribution is 2.35. The average Bonchev–Trinajstić information content (AvgIpc) is 3.35. The van der Waals surface area contributed by atoms with Crippen molar-refractivity contribution in [1.29, 1.82) is 0 Å². The number of hydrogen-bond donors (Lipinski definition) is 0. The predicted molar refractivity (Wildman–Crippen MR) is 110 cm³/mol. The van der Waals surface area contributed by atoms with Crippen LogP contribution in [0.2, 0.25) is 0 Å². The monoisotopic (exact) mass is 460 g/mol. The second-order valence-electron chi connectivity index (χ2n) is 7.21. The van der Waals surface area contributed by atoms with Gasteiger partial charge in [-0.3, -0.25) is 0 Å². The summed E-state index contributed by atoms with van der Waals surface area (Å²) in [5, 5.41) is 7.58. The molecule has 0 saturated carbocycles. The van der Waals surface area contributed by atoms with E-state index in [0.717, 1.165) is 17.8 Å². The van der Waals surface area contributed by atoms with Gasteiger partial charge in [-0.1, -0.05) is 17.3 Å². The number of aryl methyl sites for hydroxylation is 2. The van der Waals surface area contributed by atoms with Crippen LogP contribution < -0.4 is 4.74 Å². The van der Waals surface area contributed by atoms with Crippen molar-refractivity contribution in [2.45, 2.75) is 26.4 Å². The van der Waals surface area contributed by atoms with Crippen molar-refractivity contribution in [3.63, 3.8) is 0 Å². The summed E-state index contributed by atoms with van der Waals surface area (Å²) in [7, 11) is 1.41. The molecular weight excluding hydrogens is 441 g/mol. The first kappa shape index (κ1) is 22.3. The van der Waals surface area contributed by atoms with Crippen molar-refractivity contribution in [3.05, 3.63) is 64.8 Å². The second-order valence-corrected chi connectivity index (χ2v) is 7.21. The maximum Gasteiger partial charge on any atom is 0.433 e. The molecule has 0 spiro atoms. The van der Waals surface area contributed by atoms with Crippen LogP contribution in [-0.2, 0) is 17.3 Å². The molecule has 0 N–H and O–H groups in total. The molecule has 3 heterocycles. The van der Waals surface area contributed by atoms with Gasteiger partial charge in [0.25, 0.3) is 0 Å². The van der Waals surface area contributed by atoms with E-state index in [9.17, 15) is 18.0 Å². The number of esters is 1. The minimum Gasteiger partial charge on any atom is -0.496 e. The molecule has 0 aliphatic rings. The zero-order valence-corrected chi connectivity index (χ0v) is 17.9. The maximum atomic E-state index is 13.8. The third kappa shape index (κ3) is 4.26. The number of hydrogen-bond acceptors (Lipinski definition) is 7. The number of rotatable bonds is 6. The van der Waals surface area contributed by atoms with Gasteiger partial charge in [-0.2, -0.15) is 18.3 Å². The van der Waals surface area contributed by atoms with Gasteiger partial charge < -0.3 is 14.0 Å². The molecule has 0 fully saturated rings. The Morgan fingerprint density at radius 1 is 1.21 bits per heavy atom.